The average Bonchev–Trinajstić information content (AvgIpc) is 2.88. The standard InChI is InChI=1S/C26H24N2O5/c29-24(19-10-4-1-5-11-19)25(20-12-6-2-7-13-20)33-26(30)21-14-15-22(23(18-21)28(31)32)27-16-8-3-9-17-27/h1-2,4-7,10-15,18,25H,3,8-9,16-17H2. The van der Waals surface area contributed by atoms with Crippen molar-refractivity contribution in [3.05, 3.63) is 106 Å². The minimum atomic E-state index is -1.16. The Morgan fingerprint density at radius 1 is 0.848 bits per heavy atom. The lowest BCUT2D eigenvalue weighted by atomic mass is 9.99. The Bertz CT molecular complexity index is 1140. The Kier molecular flexibility index (Phi) is 6.78. The normalized spacial score (nSPS) is 14.4. The zero-order chi connectivity index (χ0) is 23.2. The third kappa shape index (κ3) is 5.09. The number of esters is 1. The molecule has 0 bridgehead atoms. The van der Waals surface area contributed by atoms with E-state index in [1.165, 1.54) is 12.1 Å². The van der Waals surface area contributed by atoms with Crippen LogP contribution in [-0.2, 0) is 4.74 Å². The number of nitro groups is 1. The van der Waals surface area contributed by atoms with Crippen molar-refractivity contribution in [1.29, 1.82) is 0 Å². The van der Waals surface area contributed by atoms with Crippen LogP contribution in [0.1, 0.15) is 51.6 Å². The van der Waals surface area contributed by atoms with Crippen LogP contribution >= 0.6 is 0 Å². The molecule has 33 heavy (non-hydrogen) atoms. The summed E-state index contributed by atoms with van der Waals surface area (Å²) in [6.07, 6.45) is 1.88. The molecule has 3 aromatic rings. The van der Waals surface area contributed by atoms with Crippen LogP contribution in [0.4, 0.5) is 11.4 Å². The van der Waals surface area contributed by atoms with Crippen LogP contribution in [0.15, 0.2) is 78.9 Å². The number of hydrogen-bond acceptors (Lipinski definition) is 6. The van der Waals surface area contributed by atoms with E-state index >= 15 is 0 Å². The van der Waals surface area contributed by atoms with Gasteiger partial charge in [0.2, 0.25) is 5.78 Å². The fourth-order valence-corrected chi connectivity index (χ4v) is 4.03. The van der Waals surface area contributed by atoms with Gasteiger partial charge in [0.1, 0.15) is 5.69 Å². The topological polar surface area (TPSA) is 89.8 Å². The predicted molar refractivity (Wildman–Crippen MR) is 125 cm³/mol. The predicted octanol–water partition coefficient (Wildman–Crippen LogP) is 5.37. The van der Waals surface area contributed by atoms with Crippen molar-refractivity contribution < 1.29 is 19.2 Å². The summed E-state index contributed by atoms with van der Waals surface area (Å²) in [5, 5.41) is 11.7. The molecule has 0 aromatic heterocycles. The molecule has 4 rings (SSSR count). The molecule has 168 valence electrons. The maximum atomic E-state index is 13.2. The summed E-state index contributed by atoms with van der Waals surface area (Å²) in [5.74, 6) is -1.16. The number of nitro benzene ring substituents is 1. The molecule has 0 N–H and O–H groups in total. The summed E-state index contributed by atoms with van der Waals surface area (Å²) < 4.78 is 5.63. The van der Waals surface area contributed by atoms with Crippen molar-refractivity contribution in [2.45, 2.75) is 25.4 Å². The number of ether oxygens (including phenoxy) is 1. The molecular formula is C26H24N2O5. The summed E-state index contributed by atoms with van der Waals surface area (Å²) in [7, 11) is 0. The van der Waals surface area contributed by atoms with Gasteiger partial charge in [0.25, 0.3) is 5.69 Å². The van der Waals surface area contributed by atoms with E-state index in [2.05, 4.69) is 0 Å². The Balaban J connectivity index is 1.63. The zero-order valence-electron chi connectivity index (χ0n) is 18.1. The smallest absolute Gasteiger partial charge is 0.339 e. The molecule has 0 spiro atoms. The van der Waals surface area contributed by atoms with E-state index in [1.54, 1.807) is 66.7 Å². The molecule has 1 unspecified atom stereocenters. The summed E-state index contributed by atoms with van der Waals surface area (Å²) in [6, 6.07) is 21.7. The summed E-state index contributed by atoms with van der Waals surface area (Å²) in [5.41, 5.74) is 1.32. The number of piperidine rings is 1. The van der Waals surface area contributed by atoms with E-state index in [9.17, 15) is 19.7 Å². The van der Waals surface area contributed by atoms with Crippen molar-refractivity contribution in [1.82, 2.24) is 0 Å². The minimum absolute atomic E-state index is 0.0317. The van der Waals surface area contributed by atoms with E-state index in [-0.39, 0.29) is 17.0 Å². The van der Waals surface area contributed by atoms with E-state index in [1.807, 2.05) is 4.90 Å². The number of carbonyl (C=O) groups is 2. The maximum Gasteiger partial charge on any atom is 0.339 e. The lowest BCUT2D eigenvalue weighted by Gasteiger charge is -2.28. The van der Waals surface area contributed by atoms with E-state index in [4.69, 9.17) is 4.74 Å². The summed E-state index contributed by atoms with van der Waals surface area (Å²) in [4.78, 5) is 39.4. The molecule has 1 heterocycles. The van der Waals surface area contributed by atoms with E-state index in [0.29, 0.717) is 16.8 Å². The fraction of sp³-hybridized carbons (Fsp3) is 0.231. The molecular weight excluding hydrogens is 420 g/mol. The highest BCUT2D eigenvalue weighted by Gasteiger charge is 2.29. The van der Waals surface area contributed by atoms with Crippen LogP contribution in [0, 0.1) is 10.1 Å². The van der Waals surface area contributed by atoms with Gasteiger partial charge in [-0.15, -0.1) is 0 Å². The Morgan fingerprint density at radius 3 is 2.12 bits per heavy atom. The first-order valence-corrected chi connectivity index (χ1v) is 10.9. The van der Waals surface area contributed by atoms with Gasteiger partial charge in [0, 0.05) is 30.3 Å². The molecule has 1 saturated heterocycles. The van der Waals surface area contributed by atoms with Gasteiger partial charge < -0.3 is 9.64 Å². The fourth-order valence-electron chi connectivity index (χ4n) is 4.03. The highest BCUT2D eigenvalue weighted by Crippen LogP contribution is 2.32. The third-order valence-electron chi connectivity index (χ3n) is 5.73. The van der Waals surface area contributed by atoms with Gasteiger partial charge in [-0.3, -0.25) is 14.9 Å². The van der Waals surface area contributed by atoms with E-state index in [0.717, 1.165) is 32.4 Å². The quantitative estimate of drug-likeness (QED) is 0.211. The van der Waals surface area contributed by atoms with Crippen LogP contribution in [0.3, 0.4) is 0 Å². The Hall–Kier alpha value is -4.00. The first-order chi connectivity index (χ1) is 16.0. The molecule has 7 heteroatoms. The van der Waals surface area contributed by atoms with Crippen molar-refractivity contribution in [3.8, 4) is 0 Å². The highest BCUT2D eigenvalue weighted by molar-refractivity contribution is 6.02. The molecule has 0 amide bonds. The summed E-state index contributed by atoms with van der Waals surface area (Å²) >= 11 is 0. The molecule has 7 nitrogen and oxygen atoms in total. The first-order valence-electron chi connectivity index (χ1n) is 10.9. The summed E-state index contributed by atoms with van der Waals surface area (Å²) in [6.45, 7) is 1.48. The van der Waals surface area contributed by atoms with Crippen LogP contribution in [0.5, 0.6) is 0 Å². The number of ketones is 1. The number of anilines is 1. The van der Waals surface area contributed by atoms with Crippen LogP contribution in [0.25, 0.3) is 0 Å². The van der Waals surface area contributed by atoms with E-state index < -0.39 is 17.0 Å². The number of Topliss-reactive ketones (excluding diaryl/α,β-unsaturated/α-hetero) is 1. The van der Waals surface area contributed by atoms with Crippen molar-refractivity contribution in [2.24, 2.45) is 0 Å². The molecule has 0 aliphatic carbocycles. The second kappa shape index (κ2) is 10.1. The van der Waals surface area contributed by atoms with Crippen LogP contribution in [0.2, 0.25) is 0 Å². The van der Waals surface area contributed by atoms with Gasteiger partial charge in [-0.1, -0.05) is 60.7 Å². The van der Waals surface area contributed by atoms with Crippen molar-refractivity contribution in [2.75, 3.05) is 18.0 Å². The maximum absolute atomic E-state index is 13.2. The largest absolute Gasteiger partial charge is 0.445 e. The van der Waals surface area contributed by atoms with Gasteiger partial charge >= 0.3 is 5.97 Å². The van der Waals surface area contributed by atoms with Gasteiger partial charge in [-0.25, -0.2) is 4.79 Å². The lowest BCUT2D eigenvalue weighted by Crippen LogP contribution is -2.30. The zero-order valence-corrected chi connectivity index (χ0v) is 18.1. The van der Waals surface area contributed by atoms with Crippen LogP contribution in [-0.4, -0.2) is 29.8 Å². The Morgan fingerprint density at radius 2 is 1.48 bits per heavy atom. The second-order valence-electron chi connectivity index (χ2n) is 7.93. The number of hydrogen-bond donors (Lipinski definition) is 0. The van der Waals surface area contributed by atoms with Crippen molar-refractivity contribution in [3.63, 3.8) is 0 Å². The number of rotatable bonds is 7. The SMILES string of the molecule is O=C(OC(C(=O)c1ccccc1)c1ccccc1)c1ccc(N2CCCCC2)c([N+](=O)[O-])c1. The molecule has 0 saturated carbocycles. The molecule has 1 atom stereocenters. The molecule has 3 aromatic carbocycles. The number of nitrogens with zero attached hydrogens (tertiary/aromatic N) is 2. The van der Waals surface area contributed by atoms with Gasteiger partial charge in [-0.2, -0.15) is 0 Å². The average molecular weight is 444 g/mol. The molecule has 1 fully saturated rings. The third-order valence-corrected chi connectivity index (χ3v) is 5.73. The van der Waals surface area contributed by atoms with Gasteiger partial charge in [0.15, 0.2) is 6.10 Å². The number of benzene rings is 3. The molecule has 0 radical (unpaired) electrons. The minimum Gasteiger partial charge on any atom is -0.445 e. The first kappa shape index (κ1) is 22.2. The van der Waals surface area contributed by atoms with Gasteiger partial charge in [-0.05, 0) is 31.4 Å². The number of carbonyl (C=O) groups excluding carboxylic acids is 2. The highest BCUT2D eigenvalue weighted by atomic mass is 16.6. The molecule has 1 aliphatic heterocycles. The van der Waals surface area contributed by atoms with Gasteiger partial charge in [0.05, 0.1) is 10.5 Å². The monoisotopic (exact) mass is 444 g/mol. The molecule has 1 aliphatic rings. The van der Waals surface area contributed by atoms with Crippen molar-refractivity contribution >= 4 is 23.1 Å². The van der Waals surface area contributed by atoms with Crippen LogP contribution < -0.4 is 4.90 Å². The second-order valence-corrected chi connectivity index (χ2v) is 7.93. The Labute approximate surface area is 191 Å². The lowest BCUT2D eigenvalue weighted by molar-refractivity contribution is -0.384.